The molecule has 0 radical (unpaired) electrons. The number of carbonyl (C=O) groups is 1. The van der Waals surface area contributed by atoms with Crippen LogP contribution in [-0.4, -0.2) is 12.0 Å². The molecule has 0 heterocycles. The third kappa shape index (κ3) is 4.19. The molecule has 0 aliphatic carbocycles. The second-order valence-corrected chi connectivity index (χ2v) is 6.14. The number of aryl methyl sites for hydroxylation is 1. The third-order valence-electron chi connectivity index (χ3n) is 3.22. The Morgan fingerprint density at radius 1 is 1.32 bits per heavy atom. The number of halogens is 2. The van der Waals surface area contributed by atoms with E-state index in [2.05, 4.69) is 27.9 Å². The SMILES string of the molecule is CC[C@H](Oc1ccccc1F)C(=O)Nc1ccc(I)cc1C. The lowest BCUT2D eigenvalue weighted by Crippen LogP contribution is -2.32. The highest BCUT2D eigenvalue weighted by molar-refractivity contribution is 14.1. The summed E-state index contributed by atoms with van der Waals surface area (Å²) in [6.45, 7) is 3.75. The van der Waals surface area contributed by atoms with Crippen molar-refractivity contribution in [3.63, 3.8) is 0 Å². The predicted molar refractivity (Wildman–Crippen MR) is 93.6 cm³/mol. The van der Waals surface area contributed by atoms with Gasteiger partial charge in [-0.15, -0.1) is 0 Å². The van der Waals surface area contributed by atoms with Crippen LogP contribution in [0, 0.1) is 16.3 Å². The van der Waals surface area contributed by atoms with E-state index in [-0.39, 0.29) is 11.7 Å². The molecule has 0 saturated carbocycles. The van der Waals surface area contributed by atoms with E-state index in [0.717, 1.165) is 14.8 Å². The lowest BCUT2D eigenvalue weighted by atomic mass is 10.2. The fourth-order valence-corrected chi connectivity index (χ4v) is 2.64. The Hall–Kier alpha value is -1.63. The van der Waals surface area contributed by atoms with Gasteiger partial charge in [-0.05, 0) is 71.8 Å². The zero-order chi connectivity index (χ0) is 16.1. The van der Waals surface area contributed by atoms with Crippen LogP contribution in [0.2, 0.25) is 0 Å². The molecule has 116 valence electrons. The molecule has 2 aromatic carbocycles. The van der Waals surface area contributed by atoms with Crippen molar-refractivity contribution in [2.75, 3.05) is 5.32 Å². The Morgan fingerprint density at radius 2 is 2.05 bits per heavy atom. The minimum atomic E-state index is -0.740. The van der Waals surface area contributed by atoms with Gasteiger partial charge in [-0.2, -0.15) is 0 Å². The fraction of sp³-hybridized carbons (Fsp3) is 0.235. The largest absolute Gasteiger partial charge is 0.478 e. The summed E-state index contributed by atoms with van der Waals surface area (Å²) in [5.41, 5.74) is 1.71. The van der Waals surface area contributed by atoms with Crippen LogP contribution in [0.25, 0.3) is 0 Å². The summed E-state index contributed by atoms with van der Waals surface area (Å²) in [7, 11) is 0. The van der Waals surface area contributed by atoms with Crippen molar-refractivity contribution >= 4 is 34.2 Å². The molecule has 3 nitrogen and oxygen atoms in total. The van der Waals surface area contributed by atoms with Crippen molar-refractivity contribution in [1.29, 1.82) is 0 Å². The number of hydrogen-bond donors (Lipinski definition) is 1. The molecule has 2 aromatic rings. The van der Waals surface area contributed by atoms with Crippen molar-refractivity contribution in [3.05, 3.63) is 57.4 Å². The summed E-state index contributed by atoms with van der Waals surface area (Å²) >= 11 is 2.22. The van der Waals surface area contributed by atoms with E-state index in [1.807, 2.05) is 32.0 Å². The van der Waals surface area contributed by atoms with Gasteiger partial charge in [0.25, 0.3) is 5.91 Å². The molecule has 0 aliphatic rings. The molecule has 0 aliphatic heterocycles. The molecule has 1 atom stereocenters. The van der Waals surface area contributed by atoms with Crippen LogP contribution in [0.5, 0.6) is 5.75 Å². The van der Waals surface area contributed by atoms with E-state index in [0.29, 0.717) is 6.42 Å². The summed E-state index contributed by atoms with van der Waals surface area (Å²) in [5.74, 6) is -0.668. The summed E-state index contributed by atoms with van der Waals surface area (Å²) in [4.78, 5) is 12.3. The standard InChI is InChI=1S/C17H17FINO2/c1-3-15(22-16-7-5-4-6-13(16)18)17(21)20-14-9-8-12(19)10-11(14)2/h4-10,15H,3H2,1-2H3,(H,20,21)/t15-/m0/s1. The molecule has 0 aromatic heterocycles. The van der Waals surface area contributed by atoms with Crippen molar-refractivity contribution in [2.24, 2.45) is 0 Å². The first-order valence-electron chi connectivity index (χ1n) is 6.99. The van der Waals surface area contributed by atoms with Gasteiger partial charge < -0.3 is 10.1 Å². The molecule has 5 heteroatoms. The summed E-state index contributed by atoms with van der Waals surface area (Å²) in [6, 6.07) is 11.8. The maximum absolute atomic E-state index is 13.6. The molecule has 0 saturated heterocycles. The number of para-hydroxylation sites is 1. The zero-order valence-corrected chi connectivity index (χ0v) is 14.6. The molecular weight excluding hydrogens is 396 g/mol. The molecule has 0 spiro atoms. The van der Waals surface area contributed by atoms with Crippen LogP contribution in [0.15, 0.2) is 42.5 Å². The minimum absolute atomic E-state index is 0.0869. The van der Waals surface area contributed by atoms with Crippen molar-refractivity contribution < 1.29 is 13.9 Å². The number of amides is 1. The van der Waals surface area contributed by atoms with E-state index in [4.69, 9.17) is 4.74 Å². The highest BCUT2D eigenvalue weighted by Crippen LogP contribution is 2.21. The first kappa shape index (κ1) is 16.7. The van der Waals surface area contributed by atoms with Gasteiger partial charge in [0.05, 0.1) is 0 Å². The summed E-state index contributed by atoms with van der Waals surface area (Å²) in [6.07, 6.45) is -0.292. The number of ether oxygens (including phenoxy) is 1. The highest BCUT2D eigenvalue weighted by Gasteiger charge is 2.20. The van der Waals surface area contributed by atoms with Crippen LogP contribution in [0.3, 0.4) is 0 Å². The van der Waals surface area contributed by atoms with E-state index < -0.39 is 11.9 Å². The second-order valence-electron chi connectivity index (χ2n) is 4.89. The Bertz CT molecular complexity index is 675. The molecular formula is C17H17FINO2. The lowest BCUT2D eigenvalue weighted by Gasteiger charge is -2.18. The Morgan fingerprint density at radius 3 is 2.68 bits per heavy atom. The van der Waals surface area contributed by atoms with Gasteiger partial charge in [0.2, 0.25) is 0 Å². The van der Waals surface area contributed by atoms with Crippen molar-refractivity contribution in [3.8, 4) is 5.75 Å². The van der Waals surface area contributed by atoms with Gasteiger partial charge in [0.1, 0.15) is 0 Å². The average molecular weight is 413 g/mol. The first-order valence-corrected chi connectivity index (χ1v) is 8.07. The van der Waals surface area contributed by atoms with Crippen LogP contribution in [0.1, 0.15) is 18.9 Å². The van der Waals surface area contributed by atoms with Crippen LogP contribution in [-0.2, 0) is 4.79 Å². The van der Waals surface area contributed by atoms with E-state index in [9.17, 15) is 9.18 Å². The van der Waals surface area contributed by atoms with E-state index in [1.165, 1.54) is 12.1 Å². The molecule has 0 unspecified atom stereocenters. The van der Waals surface area contributed by atoms with Crippen molar-refractivity contribution in [1.82, 2.24) is 0 Å². The van der Waals surface area contributed by atoms with Crippen LogP contribution < -0.4 is 10.1 Å². The van der Waals surface area contributed by atoms with Crippen molar-refractivity contribution in [2.45, 2.75) is 26.4 Å². The van der Waals surface area contributed by atoms with Gasteiger partial charge in [-0.1, -0.05) is 19.1 Å². The third-order valence-corrected chi connectivity index (χ3v) is 3.89. The maximum Gasteiger partial charge on any atom is 0.265 e. The van der Waals surface area contributed by atoms with Crippen LogP contribution in [0.4, 0.5) is 10.1 Å². The second kappa shape index (κ2) is 7.58. The molecule has 0 fully saturated rings. The predicted octanol–water partition coefficient (Wildman–Crippen LogP) is 4.53. The van der Waals surface area contributed by atoms with Gasteiger partial charge in [0.15, 0.2) is 17.7 Å². The molecule has 1 N–H and O–H groups in total. The Labute approximate surface area is 143 Å². The zero-order valence-electron chi connectivity index (χ0n) is 12.4. The van der Waals surface area contributed by atoms with Gasteiger partial charge in [-0.3, -0.25) is 4.79 Å². The average Bonchev–Trinajstić information content (AvgIpc) is 2.49. The summed E-state index contributed by atoms with van der Waals surface area (Å²) in [5, 5.41) is 2.84. The van der Waals surface area contributed by atoms with Crippen LogP contribution >= 0.6 is 22.6 Å². The number of nitrogens with one attached hydrogen (secondary N) is 1. The number of rotatable bonds is 5. The molecule has 0 bridgehead atoms. The molecule has 22 heavy (non-hydrogen) atoms. The van der Waals surface area contributed by atoms with Gasteiger partial charge in [-0.25, -0.2) is 4.39 Å². The Balaban J connectivity index is 2.10. The first-order chi connectivity index (χ1) is 10.5. The smallest absolute Gasteiger partial charge is 0.265 e. The van der Waals surface area contributed by atoms with E-state index >= 15 is 0 Å². The van der Waals surface area contributed by atoms with Gasteiger partial charge in [0, 0.05) is 9.26 Å². The monoisotopic (exact) mass is 413 g/mol. The molecule has 2 rings (SSSR count). The lowest BCUT2D eigenvalue weighted by molar-refractivity contribution is -0.122. The normalized spacial score (nSPS) is 11.8. The number of hydrogen-bond acceptors (Lipinski definition) is 2. The minimum Gasteiger partial charge on any atom is -0.478 e. The Kier molecular flexibility index (Phi) is 5.76. The molecule has 1 amide bonds. The highest BCUT2D eigenvalue weighted by atomic mass is 127. The number of anilines is 1. The number of benzene rings is 2. The quantitative estimate of drug-likeness (QED) is 0.732. The maximum atomic E-state index is 13.6. The summed E-state index contributed by atoms with van der Waals surface area (Å²) < 4.78 is 20.2. The topological polar surface area (TPSA) is 38.3 Å². The fourth-order valence-electron chi connectivity index (χ4n) is 2.00. The number of carbonyl (C=O) groups excluding carboxylic acids is 1. The van der Waals surface area contributed by atoms with Gasteiger partial charge >= 0.3 is 0 Å². The van der Waals surface area contributed by atoms with E-state index in [1.54, 1.807) is 12.1 Å².